The highest BCUT2D eigenvalue weighted by Crippen LogP contribution is 2.04. The van der Waals surface area contributed by atoms with Crippen molar-refractivity contribution in [2.45, 2.75) is 20.4 Å². The van der Waals surface area contributed by atoms with Gasteiger partial charge >= 0.3 is 12.0 Å². The van der Waals surface area contributed by atoms with E-state index in [1.165, 1.54) is 0 Å². The molecule has 0 aliphatic heterocycles. The van der Waals surface area contributed by atoms with Gasteiger partial charge in [-0.05, 0) is 12.5 Å². The lowest BCUT2D eigenvalue weighted by molar-refractivity contribution is -0.140. The van der Waals surface area contributed by atoms with Crippen molar-refractivity contribution in [3.05, 3.63) is 35.9 Å². The molecule has 2 N–H and O–H groups in total. The van der Waals surface area contributed by atoms with Gasteiger partial charge in [-0.15, -0.1) is 0 Å². The van der Waals surface area contributed by atoms with Crippen LogP contribution in [0.25, 0.3) is 0 Å². The summed E-state index contributed by atoms with van der Waals surface area (Å²) in [4.78, 5) is 24.2. The van der Waals surface area contributed by atoms with Crippen LogP contribution in [0.2, 0.25) is 0 Å². The molecule has 0 radical (unpaired) electrons. The molecule has 5 heteroatoms. The van der Waals surface area contributed by atoms with Crippen LogP contribution >= 0.6 is 0 Å². The molecule has 0 aliphatic carbocycles. The number of nitrogens with zero attached hydrogens (tertiary/aromatic N) is 1. The monoisotopic (exact) mass is 264 g/mol. The second-order valence-electron chi connectivity index (χ2n) is 4.43. The Bertz CT molecular complexity index is 420. The van der Waals surface area contributed by atoms with Crippen LogP contribution in [0.1, 0.15) is 19.4 Å². The van der Waals surface area contributed by atoms with Crippen LogP contribution in [0.4, 0.5) is 4.79 Å². The molecule has 1 aromatic carbocycles. The number of urea groups is 1. The number of carboxylic acid groups (broad SMARTS) is 1. The van der Waals surface area contributed by atoms with Gasteiger partial charge in [0.1, 0.15) is 0 Å². The molecule has 2 amide bonds. The maximum Gasteiger partial charge on any atom is 0.317 e. The Hall–Kier alpha value is -2.04. The number of aliphatic carboxylic acids is 1. The van der Waals surface area contributed by atoms with Gasteiger partial charge in [0.2, 0.25) is 0 Å². The summed E-state index contributed by atoms with van der Waals surface area (Å²) in [5.41, 5.74) is 1.05. The molecule has 0 saturated carbocycles. The molecular formula is C14H20N2O3. The highest BCUT2D eigenvalue weighted by atomic mass is 16.4. The largest absolute Gasteiger partial charge is 0.481 e. The maximum absolute atomic E-state index is 11.9. The van der Waals surface area contributed by atoms with Gasteiger partial charge in [0, 0.05) is 19.6 Å². The van der Waals surface area contributed by atoms with Gasteiger partial charge in [-0.2, -0.15) is 0 Å². The van der Waals surface area contributed by atoms with Crippen molar-refractivity contribution in [1.29, 1.82) is 0 Å². The average molecular weight is 264 g/mol. The molecule has 1 rings (SSSR count). The second kappa shape index (κ2) is 7.41. The number of benzene rings is 1. The van der Waals surface area contributed by atoms with Crippen molar-refractivity contribution in [2.24, 2.45) is 5.92 Å². The van der Waals surface area contributed by atoms with Crippen LogP contribution in [0.3, 0.4) is 0 Å². The summed E-state index contributed by atoms with van der Waals surface area (Å²) in [6.45, 7) is 4.69. The quantitative estimate of drug-likeness (QED) is 0.825. The molecule has 0 saturated heterocycles. The summed E-state index contributed by atoms with van der Waals surface area (Å²) < 4.78 is 0. The van der Waals surface area contributed by atoms with E-state index in [1.807, 2.05) is 37.3 Å². The van der Waals surface area contributed by atoms with E-state index < -0.39 is 11.9 Å². The molecule has 1 aromatic rings. The molecule has 0 aliphatic rings. The number of rotatable bonds is 6. The minimum Gasteiger partial charge on any atom is -0.481 e. The van der Waals surface area contributed by atoms with Gasteiger partial charge in [-0.3, -0.25) is 4.79 Å². The van der Waals surface area contributed by atoms with Crippen LogP contribution in [-0.2, 0) is 11.3 Å². The van der Waals surface area contributed by atoms with Crippen molar-refractivity contribution >= 4 is 12.0 Å². The summed E-state index contributed by atoms with van der Waals surface area (Å²) >= 11 is 0. The summed E-state index contributed by atoms with van der Waals surface area (Å²) in [5.74, 6) is -1.49. The summed E-state index contributed by atoms with van der Waals surface area (Å²) in [6, 6.07) is 9.45. The van der Waals surface area contributed by atoms with Crippen molar-refractivity contribution in [3.8, 4) is 0 Å². The van der Waals surface area contributed by atoms with Gasteiger partial charge in [0.15, 0.2) is 0 Å². The van der Waals surface area contributed by atoms with Crippen molar-refractivity contribution in [3.63, 3.8) is 0 Å². The SMILES string of the molecule is CCN(Cc1ccccc1)C(=O)NCC(C)C(=O)O. The van der Waals surface area contributed by atoms with E-state index in [0.717, 1.165) is 5.56 Å². The first kappa shape index (κ1) is 15.0. The Morgan fingerprint density at radius 3 is 2.47 bits per heavy atom. The van der Waals surface area contributed by atoms with Gasteiger partial charge in [0.05, 0.1) is 5.92 Å². The smallest absolute Gasteiger partial charge is 0.317 e. The fourth-order valence-corrected chi connectivity index (χ4v) is 1.57. The second-order valence-corrected chi connectivity index (χ2v) is 4.43. The molecular weight excluding hydrogens is 244 g/mol. The molecule has 0 bridgehead atoms. The first-order valence-corrected chi connectivity index (χ1v) is 6.34. The normalized spacial score (nSPS) is 11.7. The molecule has 0 aromatic heterocycles. The zero-order valence-electron chi connectivity index (χ0n) is 11.3. The van der Waals surface area contributed by atoms with Gasteiger partial charge in [0.25, 0.3) is 0 Å². The zero-order valence-corrected chi connectivity index (χ0v) is 11.3. The Balaban J connectivity index is 2.50. The Morgan fingerprint density at radius 1 is 1.32 bits per heavy atom. The van der Waals surface area contributed by atoms with E-state index in [-0.39, 0.29) is 12.6 Å². The molecule has 5 nitrogen and oxygen atoms in total. The van der Waals surface area contributed by atoms with E-state index in [1.54, 1.807) is 11.8 Å². The van der Waals surface area contributed by atoms with Gasteiger partial charge in [-0.1, -0.05) is 37.3 Å². The van der Waals surface area contributed by atoms with Crippen LogP contribution in [0.5, 0.6) is 0 Å². The van der Waals surface area contributed by atoms with Gasteiger partial charge in [-0.25, -0.2) is 4.79 Å². The maximum atomic E-state index is 11.9. The number of carbonyl (C=O) groups is 2. The van der Waals surface area contributed by atoms with Crippen molar-refractivity contribution in [1.82, 2.24) is 10.2 Å². The van der Waals surface area contributed by atoms with Crippen molar-refractivity contribution in [2.75, 3.05) is 13.1 Å². The third kappa shape index (κ3) is 4.99. The zero-order chi connectivity index (χ0) is 14.3. The van der Waals surface area contributed by atoms with E-state index in [9.17, 15) is 9.59 Å². The fourth-order valence-electron chi connectivity index (χ4n) is 1.57. The molecule has 1 unspecified atom stereocenters. The number of hydrogen-bond donors (Lipinski definition) is 2. The van der Waals surface area contributed by atoms with Gasteiger partial charge < -0.3 is 15.3 Å². The van der Waals surface area contributed by atoms with E-state index in [0.29, 0.717) is 13.1 Å². The summed E-state index contributed by atoms with van der Waals surface area (Å²) in [6.07, 6.45) is 0. The highest BCUT2D eigenvalue weighted by molar-refractivity contribution is 5.75. The Morgan fingerprint density at radius 2 is 1.95 bits per heavy atom. The Kier molecular flexibility index (Phi) is 5.85. The molecule has 0 spiro atoms. The van der Waals surface area contributed by atoms with E-state index >= 15 is 0 Å². The minimum absolute atomic E-state index is 0.138. The number of carbonyl (C=O) groups excluding carboxylic acids is 1. The lowest BCUT2D eigenvalue weighted by atomic mass is 10.2. The summed E-state index contributed by atoms with van der Waals surface area (Å²) in [5, 5.41) is 11.4. The highest BCUT2D eigenvalue weighted by Gasteiger charge is 2.15. The third-order valence-corrected chi connectivity index (χ3v) is 2.87. The lowest BCUT2D eigenvalue weighted by Crippen LogP contribution is -2.42. The fraction of sp³-hybridized carbons (Fsp3) is 0.429. The molecule has 19 heavy (non-hydrogen) atoms. The molecule has 0 heterocycles. The molecule has 0 fully saturated rings. The number of amides is 2. The minimum atomic E-state index is -0.911. The van der Waals surface area contributed by atoms with Crippen LogP contribution in [0, 0.1) is 5.92 Å². The van der Waals surface area contributed by atoms with E-state index in [4.69, 9.17) is 5.11 Å². The molecule has 1 atom stereocenters. The Labute approximate surface area is 113 Å². The van der Waals surface area contributed by atoms with Crippen molar-refractivity contribution < 1.29 is 14.7 Å². The molecule has 104 valence electrons. The first-order valence-electron chi connectivity index (χ1n) is 6.34. The van der Waals surface area contributed by atoms with Crippen LogP contribution in [-0.4, -0.2) is 35.1 Å². The van der Waals surface area contributed by atoms with Crippen LogP contribution in [0.15, 0.2) is 30.3 Å². The first-order chi connectivity index (χ1) is 9.04. The number of nitrogens with one attached hydrogen (secondary N) is 1. The predicted octanol–water partition coefficient (Wildman–Crippen LogP) is 1.94. The predicted molar refractivity (Wildman–Crippen MR) is 72.7 cm³/mol. The number of carboxylic acids is 1. The lowest BCUT2D eigenvalue weighted by Gasteiger charge is -2.22. The topological polar surface area (TPSA) is 69.6 Å². The number of hydrogen-bond acceptors (Lipinski definition) is 2. The van der Waals surface area contributed by atoms with E-state index in [2.05, 4.69) is 5.32 Å². The summed E-state index contributed by atoms with van der Waals surface area (Å²) in [7, 11) is 0. The average Bonchev–Trinajstić information content (AvgIpc) is 2.42. The van der Waals surface area contributed by atoms with Crippen LogP contribution < -0.4 is 5.32 Å². The third-order valence-electron chi connectivity index (χ3n) is 2.87. The standard InChI is InChI=1S/C14H20N2O3/c1-3-16(10-12-7-5-4-6-8-12)14(19)15-9-11(2)13(17)18/h4-8,11H,3,9-10H2,1-2H3,(H,15,19)(H,17,18).